The first-order chi connectivity index (χ1) is 10.2. The highest BCUT2D eigenvalue weighted by atomic mass is 32.2. The zero-order chi connectivity index (χ0) is 15.0. The van der Waals surface area contributed by atoms with Crippen LogP contribution in [0.5, 0.6) is 0 Å². The normalized spacial score (nSPS) is 13.6. The number of hydrogen-bond acceptors (Lipinski definition) is 3. The van der Waals surface area contributed by atoms with Crippen LogP contribution < -0.4 is 5.09 Å². The summed E-state index contributed by atoms with van der Waals surface area (Å²) in [7, 11) is -2.85. The van der Waals surface area contributed by atoms with E-state index in [1.807, 2.05) is 55.5 Å². The molecule has 0 aliphatic rings. The molecular formula is C16H20NO2PS. The summed E-state index contributed by atoms with van der Waals surface area (Å²) in [6, 6.07) is 19.7. The summed E-state index contributed by atoms with van der Waals surface area (Å²) < 4.78 is 18.3. The highest BCUT2D eigenvalue weighted by Crippen LogP contribution is 2.47. The summed E-state index contributed by atoms with van der Waals surface area (Å²) in [6.07, 6.45) is 0.495. The predicted molar refractivity (Wildman–Crippen MR) is 91.3 cm³/mol. The van der Waals surface area contributed by atoms with E-state index in [-0.39, 0.29) is 0 Å². The molecule has 2 aromatic carbocycles. The van der Waals surface area contributed by atoms with Crippen LogP contribution in [0.2, 0.25) is 0 Å². The summed E-state index contributed by atoms with van der Waals surface area (Å²) in [5.41, 5.74) is 0.832. The monoisotopic (exact) mass is 321 g/mol. The fraction of sp³-hybridized carbons (Fsp3) is 0.250. The average Bonchev–Trinajstić information content (AvgIpc) is 2.49. The van der Waals surface area contributed by atoms with E-state index in [0.717, 1.165) is 11.4 Å². The smallest absolute Gasteiger partial charge is 0.294 e. The van der Waals surface area contributed by atoms with E-state index in [4.69, 9.17) is 4.52 Å². The van der Waals surface area contributed by atoms with Crippen molar-refractivity contribution in [2.45, 2.75) is 11.8 Å². The standard InChI is InChI=1S/C16H20NO2PS/c1-2-19-20(18,17-15-9-5-3-6-10-15)13-14-21-16-11-7-4-8-12-16/h3-12H,2,13-14H2,1H3,(H,17,18). The van der Waals surface area contributed by atoms with Crippen molar-refractivity contribution < 1.29 is 9.09 Å². The van der Waals surface area contributed by atoms with Crippen LogP contribution in [0.3, 0.4) is 0 Å². The fourth-order valence-electron chi connectivity index (χ4n) is 1.87. The van der Waals surface area contributed by atoms with E-state index in [9.17, 15) is 4.57 Å². The second-order valence-electron chi connectivity index (χ2n) is 4.45. The Morgan fingerprint density at radius 2 is 1.67 bits per heavy atom. The number of hydrogen-bond donors (Lipinski definition) is 1. The Bertz CT molecular complexity index is 577. The minimum absolute atomic E-state index is 0.438. The lowest BCUT2D eigenvalue weighted by atomic mass is 10.3. The molecule has 0 saturated heterocycles. The van der Waals surface area contributed by atoms with Crippen molar-refractivity contribution in [3.63, 3.8) is 0 Å². The van der Waals surface area contributed by atoms with Gasteiger partial charge in [-0.1, -0.05) is 36.4 Å². The molecule has 0 amide bonds. The topological polar surface area (TPSA) is 38.3 Å². The molecule has 0 fully saturated rings. The molecule has 3 nitrogen and oxygen atoms in total. The van der Waals surface area contributed by atoms with Crippen LogP contribution in [0, 0.1) is 0 Å². The Kier molecular flexibility index (Phi) is 6.37. The Morgan fingerprint density at radius 1 is 1.05 bits per heavy atom. The van der Waals surface area contributed by atoms with Crippen LogP contribution in [0.15, 0.2) is 65.6 Å². The van der Waals surface area contributed by atoms with Gasteiger partial charge in [0.25, 0.3) is 7.52 Å². The molecule has 0 radical (unpaired) electrons. The zero-order valence-corrected chi connectivity index (χ0v) is 13.8. The third-order valence-electron chi connectivity index (χ3n) is 2.81. The van der Waals surface area contributed by atoms with Crippen LogP contribution >= 0.6 is 19.3 Å². The number of para-hydroxylation sites is 1. The highest BCUT2D eigenvalue weighted by Gasteiger charge is 2.22. The Hall–Kier alpha value is -1.22. The van der Waals surface area contributed by atoms with Crippen molar-refractivity contribution in [2.24, 2.45) is 0 Å². The van der Waals surface area contributed by atoms with Crippen molar-refractivity contribution in [1.82, 2.24) is 0 Å². The third kappa shape index (κ3) is 5.58. The molecular weight excluding hydrogens is 301 g/mol. The van der Waals surface area contributed by atoms with Gasteiger partial charge < -0.3 is 9.61 Å². The van der Waals surface area contributed by atoms with Gasteiger partial charge in [-0.15, -0.1) is 11.8 Å². The SMILES string of the molecule is CCOP(=O)(CCSc1ccccc1)Nc1ccccc1. The quantitative estimate of drug-likeness (QED) is 0.541. The first-order valence-corrected chi connectivity index (χ1v) is 9.76. The summed E-state index contributed by atoms with van der Waals surface area (Å²) in [4.78, 5) is 1.18. The van der Waals surface area contributed by atoms with Crippen molar-refractivity contribution >= 4 is 25.0 Å². The molecule has 2 rings (SSSR count). The lowest BCUT2D eigenvalue weighted by Gasteiger charge is -2.19. The number of anilines is 1. The summed E-state index contributed by atoms with van der Waals surface area (Å²) in [5.74, 6) is 0.751. The number of benzene rings is 2. The molecule has 1 N–H and O–H groups in total. The largest absolute Gasteiger partial charge is 0.315 e. The van der Waals surface area contributed by atoms with Gasteiger partial charge in [0.05, 0.1) is 12.8 Å². The van der Waals surface area contributed by atoms with Crippen LogP contribution in [-0.2, 0) is 9.09 Å². The van der Waals surface area contributed by atoms with Crippen LogP contribution in [0.1, 0.15) is 6.92 Å². The van der Waals surface area contributed by atoms with Gasteiger partial charge in [0.2, 0.25) is 0 Å². The van der Waals surface area contributed by atoms with E-state index in [1.54, 1.807) is 11.8 Å². The third-order valence-corrected chi connectivity index (χ3v) is 6.21. The molecule has 1 unspecified atom stereocenters. The van der Waals surface area contributed by atoms with Crippen molar-refractivity contribution in [3.8, 4) is 0 Å². The summed E-state index contributed by atoms with van der Waals surface area (Å²) in [5, 5.41) is 3.06. The molecule has 0 aliphatic carbocycles. The van der Waals surface area contributed by atoms with Crippen molar-refractivity contribution in [1.29, 1.82) is 0 Å². The number of rotatable bonds is 8. The molecule has 0 aromatic heterocycles. The highest BCUT2D eigenvalue weighted by molar-refractivity contribution is 7.99. The van der Waals surface area contributed by atoms with E-state index in [0.29, 0.717) is 12.8 Å². The first-order valence-electron chi connectivity index (χ1n) is 6.96. The Balaban J connectivity index is 1.93. The maximum atomic E-state index is 12.8. The maximum absolute atomic E-state index is 12.8. The van der Waals surface area contributed by atoms with Gasteiger partial charge in [-0.05, 0) is 31.2 Å². The Morgan fingerprint density at radius 3 is 2.29 bits per heavy atom. The van der Waals surface area contributed by atoms with E-state index < -0.39 is 7.52 Å². The first kappa shape index (κ1) is 16.2. The van der Waals surface area contributed by atoms with Crippen LogP contribution in [-0.4, -0.2) is 18.5 Å². The van der Waals surface area contributed by atoms with Gasteiger partial charge in [-0.25, -0.2) is 0 Å². The number of thioether (sulfide) groups is 1. The van der Waals surface area contributed by atoms with Crippen LogP contribution in [0.4, 0.5) is 5.69 Å². The molecule has 5 heteroatoms. The Labute approximate surface area is 130 Å². The lowest BCUT2D eigenvalue weighted by molar-refractivity contribution is 0.338. The summed E-state index contributed by atoms with van der Waals surface area (Å²) in [6.45, 7) is 2.30. The molecule has 0 spiro atoms. The lowest BCUT2D eigenvalue weighted by Crippen LogP contribution is -2.06. The van der Waals surface area contributed by atoms with Gasteiger partial charge in [0, 0.05) is 16.3 Å². The fourth-order valence-corrected chi connectivity index (χ4v) is 5.05. The average molecular weight is 321 g/mol. The zero-order valence-electron chi connectivity index (χ0n) is 12.1. The predicted octanol–water partition coefficient (Wildman–Crippen LogP) is 5.12. The van der Waals surface area contributed by atoms with Gasteiger partial charge in [-0.2, -0.15) is 0 Å². The van der Waals surface area contributed by atoms with Crippen molar-refractivity contribution in [3.05, 3.63) is 60.7 Å². The molecule has 112 valence electrons. The maximum Gasteiger partial charge on any atom is 0.294 e. The van der Waals surface area contributed by atoms with Crippen LogP contribution in [0.25, 0.3) is 0 Å². The van der Waals surface area contributed by atoms with Gasteiger partial charge in [0.1, 0.15) is 0 Å². The molecule has 21 heavy (non-hydrogen) atoms. The van der Waals surface area contributed by atoms with Gasteiger partial charge in [0.15, 0.2) is 0 Å². The van der Waals surface area contributed by atoms with Gasteiger partial charge in [-0.3, -0.25) is 4.57 Å². The van der Waals surface area contributed by atoms with E-state index >= 15 is 0 Å². The second kappa shape index (κ2) is 8.28. The number of nitrogens with one attached hydrogen (secondary N) is 1. The molecule has 0 bridgehead atoms. The molecule has 2 aromatic rings. The minimum Gasteiger partial charge on any atom is -0.315 e. The van der Waals surface area contributed by atoms with Crippen molar-refractivity contribution in [2.75, 3.05) is 23.6 Å². The molecule has 0 aliphatic heterocycles. The van der Waals surface area contributed by atoms with E-state index in [1.165, 1.54) is 4.90 Å². The van der Waals surface area contributed by atoms with E-state index in [2.05, 4.69) is 17.2 Å². The molecule has 1 atom stereocenters. The molecule has 0 heterocycles. The van der Waals surface area contributed by atoms with Gasteiger partial charge >= 0.3 is 0 Å². The summed E-state index contributed by atoms with van der Waals surface area (Å²) >= 11 is 1.69. The minimum atomic E-state index is -2.85. The molecule has 0 saturated carbocycles. The second-order valence-corrected chi connectivity index (χ2v) is 7.90.